The van der Waals surface area contributed by atoms with E-state index in [1.807, 2.05) is 20.8 Å². The third-order valence-corrected chi connectivity index (χ3v) is 17.2. The Labute approximate surface area is 568 Å². The first kappa shape index (κ1) is 75.0. The SMILES string of the molecule is CCC(=O)Nc1ccn([C@@H]2O[C@H](C)[C@@H](O)[C@@H]2O)c(=O)n1.CCC(=O)Nc1ccn([C@@H]2O[C@H](CC)[C@@H](O)[C@@H]2O)c(=O)n1.CC[C@H]1N[C@@H](c2c[nH]c3c(=O)[nH]cnc23)[C@H](O)[C@@H]1O.CC[C@H]1O[C@@H](n2cnc3c(N)nc(Cl)nc32)[C@@H](F)[C@@H]1O.C[C@H]1O[C@@H](n2cnc3c(N)nc(Cl)nc32)[C@@H](F)[C@@H]1O. The van der Waals surface area contributed by atoms with Crippen molar-refractivity contribution in [1.29, 1.82) is 0 Å². The van der Waals surface area contributed by atoms with E-state index in [9.17, 15) is 73.6 Å². The van der Waals surface area contributed by atoms with Crippen LogP contribution in [0.5, 0.6) is 0 Å². The van der Waals surface area contributed by atoms with Crippen LogP contribution >= 0.6 is 23.2 Å². The number of nitrogens with zero attached hydrogens (tertiary/aromatic N) is 13. The number of aromatic nitrogens is 15. The van der Waals surface area contributed by atoms with Gasteiger partial charge in [0.1, 0.15) is 76.4 Å². The molecule has 0 saturated carbocycles. The van der Waals surface area contributed by atoms with Crippen molar-refractivity contribution < 1.29 is 78.2 Å². The predicted octanol–water partition coefficient (Wildman–Crippen LogP) is -0.00570. The molecule has 0 spiro atoms. The predicted molar refractivity (Wildman–Crippen MR) is 346 cm³/mol. The number of imidazole rings is 2. The molecule has 2 amide bonds. The van der Waals surface area contributed by atoms with Crippen LogP contribution < -0.4 is 44.4 Å². The number of fused-ring (bicyclic) bond motifs is 3. The van der Waals surface area contributed by atoms with Crippen LogP contribution in [0.25, 0.3) is 33.4 Å². The average Bonchev–Trinajstić information content (AvgIpc) is 1.64. The summed E-state index contributed by atoms with van der Waals surface area (Å²) >= 11 is 11.5. The third kappa shape index (κ3) is 15.9. The van der Waals surface area contributed by atoms with E-state index in [2.05, 4.69) is 70.8 Å². The number of aliphatic hydroxyl groups is 8. The number of ether oxygens (including phenoxy) is 4. The number of aromatic amines is 2. The van der Waals surface area contributed by atoms with Crippen LogP contribution in [0, 0.1) is 0 Å². The van der Waals surface area contributed by atoms with Gasteiger partial charge in [-0.3, -0.25) is 32.7 Å². The van der Waals surface area contributed by atoms with Gasteiger partial charge in [0.2, 0.25) is 22.4 Å². The second-order valence-electron chi connectivity index (χ2n) is 23.3. The molecule has 0 unspecified atom stereocenters. The first-order valence-electron chi connectivity index (χ1n) is 31.3. The Kier molecular flexibility index (Phi) is 24.2. The van der Waals surface area contributed by atoms with Gasteiger partial charge >= 0.3 is 11.4 Å². The maximum Gasteiger partial charge on any atom is 0.351 e. The van der Waals surface area contributed by atoms with Crippen LogP contribution in [0.4, 0.5) is 32.1 Å². The number of hydrogen-bond acceptors (Lipinski definition) is 29. The highest BCUT2D eigenvalue weighted by molar-refractivity contribution is 6.29. The molecule has 8 aromatic heterocycles. The van der Waals surface area contributed by atoms with E-state index < -0.39 is 128 Å². The Bertz CT molecular complexity index is 4320. The summed E-state index contributed by atoms with van der Waals surface area (Å²) in [5.74, 6) is -0.00743. The lowest BCUT2D eigenvalue weighted by molar-refractivity contribution is -0.116. The zero-order valence-corrected chi connectivity index (χ0v) is 55.4. The van der Waals surface area contributed by atoms with Crippen molar-refractivity contribution in [1.82, 2.24) is 78.4 Å². The first-order valence-corrected chi connectivity index (χ1v) is 32.1. The lowest BCUT2D eigenvalue weighted by atomic mass is 10.0. The number of amides is 2. The summed E-state index contributed by atoms with van der Waals surface area (Å²) in [4.78, 5) is 98.4. The van der Waals surface area contributed by atoms with Crippen LogP contribution in [-0.4, -0.2) is 217 Å². The number of halogens is 4. The molecule has 17 N–H and O–H groups in total. The topological polar surface area (TPSA) is 540 Å². The summed E-state index contributed by atoms with van der Waals surface area (Å²) in [6.45, 7) is 12.1. The zero-order valence-electron chi connectivity index (χ0n) is 53.9. The minimum absolute atomic E-state index is 0.0576. The molecule has 0 bridgehead atoms. The lowest BCUT2D eigenvalue weighted by Gasteiger charge is -2.17. The van der Waals surface area contributed by atoms with E-state index >= 15 is 0 Å². The Morgan fingerprint density at radius 3 is 1.45 bits per heavy atom. The number of nitrogen functional groups attached to an aromatic ring is 2. The summed E-state index contributed by atoms with van der Waals surface area (Å²) in [7, 11) is 0. The molecule has 5 aliphatic rings. The van der Waals surface area contributed by atoms with Crippen molar-refractivity contribution in [3.8, 4) is 0 Å². The van der Waals surface area contributed by atoms with Gasteiger partial charge in [-0.1, -0.05) is 34.6 Å². The van der Waals surface area contributed by atoms with E-state index in [1.165, 1.54) is 52.6 Å². The fourth-order valence-corrected chi connectivity index (χ4v) is 11.7. The van der Waals surface area contributed by atoms with E-state index in [0.29, 0.717) is 46.9 Å². The van der Waals surface area contributed by atoms with Crippen LogP contribution in [0.2, 0.25) is 10.6 Å². The number of alkyl halides is 2. The average molecular weight is 1430 g/mol. The monoisotopic (exact) mass is 1430 g/mol. The molecule has 5 aliphatic heterocycles. The number of anilines is 4. The van der Waals surface area contributed by atoms with Crippen molar-refractivity contribution in [2.75, 3.05) is 22.1 Å². The molecule has 0 radical (unpaired) electrons. The molecule has 5 saturated heterocycles. The number of aliphatic hydroxyl groups excluding tert-OH is 8. The normalized spacial score (nSPS) is 30.1. The molecule has 8 aromatic rings. The number of carbonyl (C=O) groups excluding carboxylic acids is 2. The summed E-state index contributed by atoms with van der Waals surface area (Å²) in [6, 6.07) is 2.28. The second kappa shape index (κ2) is 31.9. The van der Waals surface area contributed by atoms with Crippen molar-refractivity contribution in [2.24, 2.45) is 0 Å². The Morgan fingerprint density at radius 1 is 0.556 bits per heavy atom. The molecule has 0 aromatic carbocycles. The number of carbonyl (C=O) groups is 2. The zero-order chi connectivity index (χ0) is 72.2. The smallest absolute Gasteiger partial charge is 0.351 e. The van der Waals surface area contributed by atoms with Crippen molar-refractivity contribution >= 4 is 91.6 Å². The fraction of sp³-hybridized carbons (Fsp3) is 0.552. The standard InChI is InChI=1S/C13H19N3O5.C12H16N4O3.C12H17N3O5.C11H13ClFN5O2.C10H11ClFN5O2/c1-3-7-10(18)11(19)12(21-7)16-6-5-8(15-13(16)20)14-9(17)4-2;1-2-6-10(17)11(18)8(16-6)5-3-13-9-7(5)14-4-15-12(9)19;1-3-8(16)13-7-4-5-15(12(19)14-7)11-10(18)9(17)6(2)20-11;1-2-4-7(19)5(13)10(20-4)18-3-15-6-8(14)16-11(12)17-9(6)18;1-3-6(18)4(12)9(19-3)17-2-14-5-7(13)15-10(11)16-8(5)17/h5-7,10-12,18-19H,3-4H2,1-2H3,(H,14,15,17,20);3-4,6,8,10-11,13,16-18H,2H2,1H3,(H,14,15,19);4-6,9-11,17-18H,3H2,1-2H3,(H,13,14,16,19);3-5,7,10,19H,2H2,1H3,(H2,14,16,17);2-4,6,9,18H,1H3,(H2,13,15,16)/t7-,10-,11+,12-;6-,8+,10-,11+;6-,9-,10+,11-;4-,5+,7-,10-;3-,4+,6-,9-/m11111/s1. The Balaban J connectivity index is 0.000000145. The van der Waals surface area contributed by atoms with Crippen molar-refractivity contribution in [3.05, 3.63) is 97.2 Å². The molecular formula is C58H76Cl2F2N20O17. The maximum atomic E-state index is 14.2. The van der Waals surface area contributed by atoms with Gasteiger partial charge in [0.15, 0.2) is 60.2 Å². The quantitative estimate of drug-likeness (QED) is 0.0716. The molecule has 99 heavy (non-hydrogen) atoms. The number of nitrogens with one attached hydrogen (secondary N) is 5. The molecule has 0 aliphatic carbocycles. The van der Waals surface area contributed by atoms with Crippen LogP contribution in [0.1, 0.15) is 117 Å². The van der Waals surface area contributed by atoms with Crippen molar-refractivity contribution in [3.63, 3.8) is 0 Å². The summed E-state index contributed by atoms with van der Waals surface area (Å²) in [5.41, 5.74) is 12.5. The van der Waals surface area contributed by atoms with Gasteiger partial charge in [0.05, 0.1) is 55.5 Å². The van der Waals surface area contributed by atoms with E-state index in [4.69, 9.17) is 53.6 Å². The Hall–Kier alpha value is -8.26. The molecule has 13 heterocycles. The summed E-state index contributed by atoms with van der Waals surface area (Å²) < 4.78 is 54.8. The van der Waals surface area contributed by atoms with Gasteiger partial charge in [0.25, 0.3) is 5.56 Å². The minimum Gasteiger partial charge on any atom is -0.389 e. The van der Waals surface area contributed by atoms with Crippen LogP contribution in [0.3, 0.4) is 0 Å². The highest BCUT2D eigenvalue weighted by Crippen LogP contribution is 2.38. The first-order chi connectivity index (χ1) is 47.0. The number of rotatable bonds is 12. The van der Waals surface area contributed by atoms with E-state index in [-0.39, 0.29) is 81.4 Å². The molecular weight excluding hydrogens is 1360 g/mol. The third-order valence-electron chi connectivity index (χ3n) is 16.9. The van der Waals surface area contributed by atoms with E-state index in [0.717, 1.165) is 9.13 Å². The van der Waals surface area contributed by atoms with Gasteiger partial charge < -0.3 is 97.2 Å². The number of nitrogens with two attached hydrogens (primary N) is 2. The van der Waals surface area contributed by atoms with Gasteiger partial charge in [-0.2, -0.15) is 29.9 Å². The minimum atomic E-state index is -1.58. The Morgan fingerprint density at radius 2 is 1.02 bits per heavy atom. The van der Waals surface area contributed by atoms with Crippen molar-refractivity contribution in [2.45, 2.75) is 203 Å². The molecule has 37 nitrogen and oxygen atoms in total. The number of H-pyrrole nitrogens is 2. The summed E-state index contributed by atoms with van der Waals surface area (Å²) in [5, 5.41) is 86.7. The second-order valence-corrected chi connectivity index (χ2v) is 24.0. The summed E-state index contributed by atoms with van der Waals surface area (Å²) in [6.07, 6.45) is -7.39. The molecule has 20 atom stereocenters. The fourth-order valence-electron chi connectivity index (χ4n) is 11.4. The number of hydrogen-bond donors (Lipinski definition) is 15. The maximum absolute atomic E-state index is 14.2. The molecule has 13 rings (SSSR count). The van der Waals surface area contributed by atoms with Crippen LogP contribution in [-0.2, 0) is 28.5 Å². The lowest BCUT2D eigenvalue weighted by Crippen LogP contribution is -2.35. The molecule has 538 valence electrons. The van der Waals surface area contributed by atoms with Crippen LogP contribution in [0.15, 0.2) is 64.1 Å². The highest BCUT2D eigenvalue weighted by atomic mass is 35.5. The van der Waals surface area contributed by atoms with Gasteiger partial charge in [-0.15, -0.1) is 0 Å². The van der Waals surface area contributed by atoms with Gasteiger partial charge in [-0.25, -0.2) is 33.3 Å². The largest absolute Gasteiger partial charge is 0.389 e. The van der Waals surface area contributed by atoms with Gasteiger partial charge in [-0.05, 0) is 68.4 Å². The van der Waals surface area contributed by atoms with Gasteiger partial charge in [0, 0.05) is 43.0 Å². The highest BCUT2D eigenvalue weighted by Gasteiger charge is 2.48. The molecule has 5 fully saturated rings. The van der Waals surface area contributed by atoms with E-state index in [1.54, 1.807) is 33.9 Å². The molecule has 41 heteroatoms.